The van der Waals surface area contributed by atoms with Gasteiger partial charge in [-0.25, -0.2) is 0 Å². The topological polar surface area (TPSA) is 46.5 Å². The van der Waals surface area contributed by atoms with Gasteiger partial charge in [-0.3, -0.25) is 4.79 Å². The fraction of sp³-hybridized carbons (Fsp3) is 0.267. The molecule has 3 heteroatoms. The summed E-state index contributed by atoms with van der Waals surface area (Å²) in [5.74, 6) is -0.382. The maximum Gasteiger partial charge on any atom is 0.302 e. The largest absolute Gasteiger partial charge is 0.462 e. The smallest absolute Gasteiger partial charge is 0.302 e. The van der Waals surface area contributed by atoms with Crippen molar-refractivity contribution in [2.45, 2.75) is 18.9 Å². The van der Waals surface area contributed by atoms with Gasteiger partial charge in [0.2, 0.25) is 0 Å². The van der Waals surface area contributed by atoms with Crippen molar-refractivity contribution in [2.24, 2.45) is 0 Å². The fourth-order valence-corrected chi connectivity index (χ4v) is 1.97. The Hall–Kier alpha value is -1.87. The van der Waals surface area contributed by atoms with Crippen LogP contribution in [0.4, 0.5) is 0 Å². The van der Waals surface area contributed by atoms with E-state index in [1.165, 1.54) is 6.92 Å². The molecule has 0 heterocycles. The summed E-state index contributed by atoms with van der Waals surface area (Å²) in [5.41, 5.74) is 1.00. The third-order valence-electron chi connectivity index (χ3n) is 2.87. The molecule has 1 unspecified atom stereocenters. The number of rotatable bonds is 3. The van der Waals surface area contributed by atoms with E-state index in [-0.39, 0.29) is 12.6 Å². The lowest BCUT2D eigenvalue weighted by molar-refractivity contribution is -0.146. The molecular weight excluding hydrogens is 228 g/mol. The van der Waals surface area contributed by atoms with Crippen LogP contribution < -0.4 is 0 Å². The van der Waals surface area contributed by atoms with Crippen LogP contribution >= 0.6 is 0 Å². The summed E-state index contributed by atoms with van der Waals surface area (Å²) in [6, 6.07) is 9.86. The standard InChI is InChI=1S/C15H16O3/c1-12(16)18-11-15(17)9-5-8-14(10-15)13-6-3-2-4-7-13/h2-9,17H,10-11H2,1H3. The lowest BCUT2D eigenvalue weighted by Crippen LogP contribution is -2.34. The van der Waals surface area contributed by atoms with Crippen LogP contribution in [0.3, 0.4) is 0 Å². The maximum atomic E-state index is 10.8. The first kappa shape index (κ1) is 12.6. The fourth-order valence-electron chi connectivity index (χ4n) is 1.97. The lowest BCUT2D eigenvalue weighted by atomic mass is 9.87. The molecule has 0 saturated carbocycles. The van der Waals surface area contributed by atoms with E-state index in [2.05, 4.69) is 0 Å². The SMILES string of the molecule is CC(=O)OCC1(O)C=CC=C(c2ccccc2)C1. The highest BCUT2D eigenvalue weighted by molar-refractivity contribution is 5.70. The molecule has 1 aromatic rings. The van der Waals surface area contributed by atoms with Crippen molar-refractivity contribution in [1.29, 1.82) is 0 Å². The maximum absolute atomic E-state index is 10.8. The number of benzene rings is 1. The Morgan fingerprint density at radius 2 is 2.11 bits per heavy atom. The number of ether oxygens (including phenoxy) is 1. The van der Waals surface area contributed by atoms with Crippen LogP contribution in [0.5, 0.6) is 0 Å². The minimum Gasteiger partial charge on any atom is -0.462 e. The second-order valence-electron chi connectivity index (χ2n) is 4.48. The molecular formula is C15H16O3. The van der Waals surface area contributed by atoms with E-state index in [0.29, 0.717) is 6.42 Å². The van der Waals surface area contributed by atoms with Crippen molar-refractivity contribution in [3.8, 4) is 0 Å². The van der Waals surface area contributed by atoms with Gasteiger partial charge in [0, 0.05) is 13.3 Å². The van der Waals surface area contributed by atoms with Gasteiger partial charge in [0.25, 0.3) is 0 Å². The number of hydrogen-bond acceptors (Lipinski definition) is 3. The van der Waals surface area contributed by atoms with Gasteiger partial charge in [0.05, 0.1) is 0 Å². The number of hydrogen-bond donors (Lipinski definition) is 1. The zero-order chi connectivity index (χ0) is 13.0. The van der Waals surface area contributed by atoms with Crippen molar-refractivity contribution in [3.63, 3.8) is 0 Å². The summed E-state index contributed by atoms with van der Waals surface area (Å²) in [6.45, 7) is 1.33. The van der Waals surface area contributed by atoms with Crippen LogP contribution in [0.1, 0.15) is 18.9 Å². The molecule has 3 nitrogen and oxygen atoms in total. The van der Waals surface area contributed by atoms with E-state index in [9.17, 15) is 9.90 Å². The molecule has 0 aliphatic heterocycles. The van der Waals surface area contributed by atoms with E-state index in [1.807, 2.05) is 36.4 Å². The van der Waals surface area contributed by atoms with Gasteiger partial charge in [0.15, 0.2) is 0 Å². The summed E-state index contributed by atoms with van der Waals surface area (Å²) in [6.07, 6.45) is 5.88. The van der Waals surface area contributed by atoms with Crippen molar-refractivity contribution < 1.29 is 14.6 Å². The zero-order valence-electron chi connectivity index (χ0n) is 10.3. The molecule has 2 rings (SSSR count). The van der Waals surface area contributed by atoms with Gasteiger partial charge < -0.3 is 9.84 Å². The van der Waals surface area contributed by atoms with Crippen LogP contribution in [0.2, 0.25) is 0 Å². The molecule has 1 aromatic carbocycles. The number of esters is 1. The van der Waals surface area contributed by atoms with Crippen molar-refractivity contribution in [1.82, 2.24) is 0 Å². The average molecular weight is 244 g/mol. The molecule has 0 amide bonds. The van der Waals surface area contributed by atoms with Crippen molar-refractivity contribution >= 4 is 11.5 Å². The minimum atomic E-state index is -1.11. The van der Waals surface area contributed by atoms with Crippen molar-refractivity contribution in [2.75, 3.05) is 6.61 Å². The molecule has 1 N–H and O–H groups in total. The summed E-state index contributed by atoms with van der Waals surface area (Å²) in [5, 5.41) is 10.3. The Morgan fingerprint density at radius 3 is 2.78 bits per heavy atom. The Kier molecular flexibility index (Phi) is 3.63. The minimum absolute atomic E-state index is 0.0109. The van der Waals surface area contributed by atoms with Crippen LogP contribution in [0.25, 0.3) is 5.57 Å². The predicted molar refractivity (Wildman–Crippen MR) is 69.8 cm³/mol. The highest BCUT2D eigenvalue weighted by Crippen LogP contribution is 2.30. The first-order valence-electron chi connectivity index (χ1n) is 5.89. The van der Waals surface area contributed by atoms with Gasteiger partial charge in [0.1, 0.15) is 12.2 Å². The van der Waals surface area contributed by atoms with Crippen LogP contribution in [0.15, 0.2) is 48.6 Å². The molecule has 1 aliphatic carbocycles. The third kappa shape index (κ3) is 3.08. The van der Waals surface area contributed by atoms with Crippen LogP contribution in [-0.2, 0) is 9.53 Å². The normalized spacial score (nSPS) is 22.4. The molecule has 0 spiro atoms. The Balaban J connectivity index is 2.11. The number of aliphatic hydroxyl groups is 1. The van der Waals surface area contributed by atoms with Gasteiger partial charge in [-0.15, -0.1) is 0 Å². The highest BCUT2D eigenvalue weighted by Gasteiger charge is 2.28. The number of carbonyl (C=O) groups excluding carboxylic acids is 1. The Labute approximate surface area is 106 Å². The average Bonchev–Trinajstić information content (AvgIpc) is 2.38. The van der Waals surface area contributed by atoms with Crippen LogP contribution in [-0.4, -0.2) is 23.3 Å². The molecule has 0 radical (unpaired) electrons. The molecule has 0 saturated heterocycles. The highest BCUT2D eigenvalue weighted by atomic mass is 16.5. The van der Waals surface area contributed by atoms with E-state index >= 15 is 0 Å². The van der Waals surface area contributed by atoms with Crippen molar-refractivity contribution in [3.05, 3.63) is 54.1 Å². The van der Waals surface area contributed by atoms with E-state index < -0.39 is 5.60 Å². The molecule has 1 atom stereocenters. The summed E-state index contributed by atoms with van der Waals surface area (Å²) in [4.78, 5) is 10.8. The predicted octanol–water partition coefficient (Wildman–Crippen LogP) is 2.32. The monoisotopic (exact) mass is 244 g/mol. The van der Waals surface area contributed by atoms with E-state index in [0.717, 1.165) is 11.1 Å². The third-order valence-corrected chi connectivity index (χ3v) is 2.87. The number of carbonyl (C=O) groups is 1. The van der Waals surface area contributed by atoms with Gasteiger partial charge in [-0.2, -0.15) is 0 Å². The molecule has 1 aliphatic rings. The molecule has 0 bridgehead atoms. The summed E-state index contributed by atoms with van der Waals surface area (Å²) < 4.78 is 4.90. The summed E-state index contributed by atoms with van der Waals surface area (Å²) in [7, 11) is 0. The van der Waals surface area contributed by atoms with E-state index in [4.69, 9.17) is 4.74 Å². The Bertz CT molecular complexity index is 488. The second kappa shape index (κ2) is 5.19. The number of allylic oxidation sites excluding steroid dienone is 2. The molecule has 0 aromatic heterocycles. The summed E-state index contributed by atoms with van der Waals surface area (Å²) >= 11 is 0. The van der Waals surface area contributed by atoms with Crippen LogP contribution in [0, 0.1) is 0 Å². The van der Waals surface area contributed by atoms with Gasteiger partial charge >= 0.3 is 5.97 Å². The van der Waals surface area contributed by atoms with Gasteiger partial charge in [-0.05, 0) is 17.2 Å². The van der Waals surface area contributed by atoms with E-state index in [1.54, 1.807) is 12.2 Å². The van der Waals surface area contributed by atoms with Gasteiger partial charge in [-0.1, -0.05) is 42.5 Å². The zero-order valence-corrected chi connectivity index (χ0v) is 10.3. The lowest BCUT2D eigenvalue weighted by Gasteiger charge is -2.27. The Morgan fingerprint density at radius 1 is 1.39 bits per heavy atom. The second-order valence-corrected chi connectivity index (χ2v) is 4.48. The molecule has 94 valence electrons. The first-order chi connectivity index (χ1) is 8.59. The molecule has 18 heavy (non-hydrogen) atoms. The first-order valence-corrected chi connectivity index (χ1v) is 5.89. The molecule has 0 fully saturated rings. The quantitative estimate of drug-likeness (QED) is 0.830.